The van der Waals surface area contributed by atoms with Crippen LogP contribution in [0.5, 0.6) is 0 Å². The number of benzene rings is 2. The van der Waals surface area contributed by atoms with Crippen molar-refractivity contribution in [2.24, 2.45) is 0 Å². The maximum absolute atomic E-state index is 15.0. The fraction of sp³-hybridized carbons (Fsp3) is 0.281. The lowest BCUT2D eigenvalue weighted by molar-refractivity contribution is 0.0585. The maximum Gasteiger partial charge on any atom is 0.333 e. The molecule has 0 aliphatic heterocycles. The smallest absolute Gasteiger partial charge is 0.333 e. The molecular formula is C32H34ClF3N6OSi. The van der Waals surface area contributed by atoms with Gasteiger partial charge in [0.25, 0.3) is 0 Å². The minimum absolute atomic E-state index is 0.0461. The van der Waals surface area contributed by atoms with Crippen LogP contribution in [0.15, 0.2) is 85.5 Å². The molecule has 2 atom stereocenters. The molecule has 0 radical (unpaired) electrons. The summed E-state index contributed by atoms with van der Waals surface area (Å²) in [6.07, 6.45) is 5.52. The number of aromatic nitrogens is 5. The van der Waals surface area contributed by atoms with Gasteiger partial charge in [-0.1, -0.05) is 68.8 Å². The van der Waals surface area contributed by atoms with Crippen LogP contribution < -0.4 is 5.73 Å². The summed E-state index contributed by atoms with van der Waals surface area (Å²) in [6, 6.07) is 17.1. The molecule has 7 nitrogen and oxygen atoms in total. The second-order valence-electron chi connectivity index (χ2n) is 12.1. The molecule has 44 heavy (non-hydrogen) atoms. The Balaban J connectivity index is 1.67. The lowest BCUT2D eigenvalue weighted by Crippen LogP contribution is -2.43. The van der Waals surface area contributed by atoms with Crippen LogP contribution in [0, 0.1) is 5.82 Å². The van der Waals surface area contributed by atoms with Gasteiger partial charge in [0.05, 0.1) is 28.7 Å². The first-order chi connectivity index (χ1) is 20.8. The lowest BCUT2D eigenvalue weighted by atomic mass is 9.98. The van der Waals surface area contributed by atoms with Gasteiger partial charge < -0.3 is 10.2 Å². The van der Waals surface area contributed by atoms with Gasteiger partial charge in [0.2, 0.25) is 0 Å². The molecule has 2 N–H and O–H groups in total. The van der Waals surface area contributed by atoms with E-state index in [-0.39, 0.29) is 27.0 Å². The molecule has 0 saturated heterocycles. The minimum Gasteiger partial charge on any atom is -0.407 e. The predicted octanol–water partition coefficient (Wildman–Crippen LogP) is 8.93. The molecule has 2 unspecified atom stereocenters. The number of nitrogen functional groups attached to an aromatic ring is 1. The fourth-order valence-corrected chi connectivity index (χ4v) is 6.20. The third-order valence-corrected chi connectivity index (χ3v) is 12.9. The number of alkyl halides is 2. The Morgan fingerprint density at radius 1 is 0.932 bits per heavy atom. The Morgan fingerprint density at radius 3 is 2.30 bits per heavy atom. The van der Waals surface area contributed by atoms with Crippen LogP contribution in [0.25, 0.3) is 22.4 Å². The van der Waals surface area contributed by atoms with Crippen molar-refractivity contribution < 1.29 is 17.6 Å². The molecule has 0 aliphatic rings. The van der Waals surface area contributed by atoms with Crippen LogP contribution in [0.4, 0.5) is 18.9 Å². The van der Waals surface area contributed by atoms with Gasteiger partial charge in [0.15, 0.2) is 14.1 Å². The van der Waals surface area contributed by atoms with Crippen LogP contribution in [-0.2, 0) is 4.43 Å². The largest absolute Gasteiger partial charge is 0.407 e. The van der Waals surface area contributed by atoms with E-state index in [4.69, 9.17) is 26.7 Å². The van der Waals surface area contributed by atoms with Gasteiger partial charge in [0, 0.05) is 41.0 Å². The van der Waals surface area contributed by atoms with E-state index >= 15 is 4.39 Å². The average Bonchev–Trinajstić information content (AvgIpc) is 3.66. The minimum atomic E-state index is -2.81. The fourth-order valence-electron chi connectivity index (χ4n) is 4.79. The summed E-state index contributed by atoms with van der Waals surface area (Å²) in [4.78, 5) is 4.77. The number of nitrogens with zero attached hydrogens (tertiary/aromatic N) is 5. The molecule has 2 aromatic carbocycles. The van der Waals surface area contributed by atoms with Gasteiger partial charge in [-0.25, -0.2) is 9.07 Å². The first-order valence-electron chi connectivity index (χ1n) is 14.1. The van der Waals surface area contributed by atoms with E-state index in [0.717, 1.165) is 5.56 Å². The first-order valence-corrected chi connectivity index (χ1v) is 17.4. The summed E-state index contributed by atoms with van der Waals surface area (Å²) in [6.45, 7) is 7.99. The molecule has 12 heteroatoms. The maximum atomic E-state index is 15.0. The van der Waals surface area contributed by atoms with Crippen molar-refractivity contribution in [1.29, 1.82) is 0 Å². The molecule has 5 aromatic rings. The van der Waals surface area contributed by atoms with Crippen LogP contribution in [0.1, 0.15) is 50.7 Å². The topological polar surface area (TPSA) is 83.8 Å². The van der Waals surface area contributed by atoms with E-state index in [1.165, 1.54) is 30.7 Å². The van der Waals surface area contributed by atoms with Crippen molar-refractivity contribution in [3.63, 3.8) is 0 Å². The Morgan fingerprint density at radius 2 is 1.66 bits per heavy atom. The molecule has 0 aliphatic carbocycles. The monoisotopic (exact) mass is 638 g/mol. The Kier molecular flexibility index (Phi) is 8.74. The van der Waals surface area contributed by atoms with E-state index in [9.17, 15) is 8.78 Å². The Bertz CT molecular complexity index is 1740. The zero-order valence-electron chi connectivity index (χ0n) is 25.0. The molecule has 0 bridgehead atoms. The SMILES string of the molecule is CC(C)(C)[Si](C)(C)OC(c1ccccc1)C(c1ccc(-c2c(N)ccc(Cl)c2F)cn1)n1cc(-c2ccnn2C(F)F)cn1. The molecule has 0 saturated carbocycles. The molecular weight excluding hydrogens is 605 g/mol. The summed E-state index contributed by atoms with van der Waals surface area (Å²) >= 11 is 6.05. The number of nitrogens with two attached hydrogens (primary N) is 1. The molecule has 0 fully saturated rings. The molecule has 230 valence electrons. The van der Waals surface area contributed by atoms with Crippen molar-refractivity contribution in [3.05, 3.63) is 108 Å². The average molecular weight is 639 g/mol. The van der Waals surface area contributed by atoms with Crippen LogP contribution in [0.3, 0.4) is 0 Å². The summed E-state index contributed by atoms with van der Waals surface area (Å²) in [5, 5.41) is 8.24. The quantitative estimate of drug-likeness (QED) is 0.129. The zero-order valence-corrected chi connectivity index (χ0v) is 26.8. The van der Waals surface area contributed by atoms with Crippen molar-refractivity contribution in [1.82, 2.24) is 24.5 Å². The Labute approximate surface area is 260 Å². The van der Waals surface area contributed by atoms with E-state index in [0.29, 0.717) is 21.5 Å². The highest BCUT2D eigenvalue weighted by Gasteiger charge is 2.42. The molecule has 0 spiro atoms. The Hall–Kier alpha value is -3.93. The molecule has 3 heterocycles. The van der Waals surface area contributed by atoms with Gasteiger partial charge in [0.1, 0.15) is 6.04 Å². The van der Waals surface area contributed by atoms with Crippen molar-refractivity contribution in [2.75, 3.05) is 5.73 Å². The van der Waals surface area contributed by atoms with Gasteiger partial charge in [-0.3, -0.25) is 9.67 Å². The molecule has 0 amide bonds. The van der Waals surface area contributed by atoms with Crippen LogP contribution in [0.2, 0.25) is 23.2 Å². The van der Waals surface area contributed by atoms with E-state index < -0.39 is 32.8 Å². The van der Waals surface area contributed by atoms with Gasteiger partial charge in [-0.15, -0.1) is 0 Å². The third kappa shape index (κ3) is 6.17. The van der Waals surface area contributed by atoms with E-state index in [1.807, 2.05) is 30.3 Å². The number of anilines is 1. The van der Waals surface area contributed by atoms with Crippen molar-refractivity contribution >= 4 is 25.6 Å². The second kappa shape index (κ2) is 12.2. The normalized spacial score (nSPS) is 13.8. The molecule has 5 rings (SSSR count). The van der Waals surface area contributed by atoms with Crippen molar-refractivity contribution in [2.45, 2.75) is 57.6 Å². The van der Waals surface area contributed by atoms with Gasteiger partial charge in [-0.05, 0) is 48.0 Å². The van der Waals surface area contributed by atoms with E-state index in [1.54, 1.807) is 29.1 Å². The molecule has 3 aromatic heterocycles. The predicted molar refractivity (Wildman–Crippen MR) is 169 cm³/mol. The third-order valence-electron chi connectivity index (χ3n) is 8.19. The second-order valence-corrected chi connectivity index (χ2v) is 17.3. The number of hydrogen-bond acceptors (Lipinski definition) is 5. The van der Waals surface area contributed by atoms with Crippen molar-refractivity contribution in [3.8, 4) is 22.4 Å². The van der Waals surface area contributed by atoms with Crippen LogP contribution in [-0.4, -0.2) is 32.9 Å². The van der Waals surface area contributed by atoms with E-state index in [2.05, 4.69) is 44.1 Å². The summed E-state index contributed by atoms with van der Waals surface area (Å²) in [5.41, 5.74) is 9.10. The number of halogens is 4. The standard InChI is InChI=1S/C32H34ClF3N6OSi/c1-32(2,3)44(4,5)43-30(20-9-7-6-8-10-20)29(41-19-22(18-40-41)26-15-16-39-42(26)31(35)36)25-14-11-21(17-38-25)27-24(37)13-12-23(33)28(27)34/h6-19,29-31H,37H2,1-5H3. The van der Waals surface area contributed by atoms with Crippen LogP contribution >= 0.6 is 11.6 Å². The highest BCUT2D eigenvalue weighted by Crippen LogP contribution is 2.45. The van der Waals surface area contributed by atoms with Gasteiger partial charge >= 0.3 is 6.55 Å². The highest BCUT2D eigenvalue weighted by molar-refractivity contribution is 6.74. The number of pyridine rings is 1. The van der Waals surface area contributed by atoms with Gasteiger partial charge in [-0.2, -0.15) is 19.0 Å². The summed E-state index contributed by atoms with van der Waals surface area (Å²) < 4.78 is 51.8. The summed E-state index contributed by atoms with van der Waals surface area (Å²) in [5.74, 6) is -0.631. The lowest BCUT2D eigenvalue weighted by Gasteiger charge is -2.41. The zero-order chi connectivity index (χ0) is 31.8. The number of rotatable bonds is 9. The number of hydrogen-bond donors (Lipinski definition) is 1. The highest BCUT2D eigenvalue weighted by atomic mass is 35.5. The summed E-state index contributed by atoms with van der Waals surface area (Å²) in [7, 11) is -2.40. The first kappa shape index (κ1) is 31.5.